The van der Waals surface area contributed by atoms with Gasteiger partial charge in [-0.2, -0.15) is 5.26 Å². The van der Waals surface area contributed by atoms with Crippen molar-refractivity contribution >= 4 is 11.9 Å². The molecule has 0 spiro atoms. The van der Waals surface area contributed by atoms with Crippen LogP contribution >= 0.6 is 0 Å². The Kier molecular flexibility index (Phi) is 9.95. The van der Waals surface area contributed by atoms with Crippen molar-refractivity contribution in [2.75, 3.05) is 13.2 Å². The monoisotopic (exact) mass is 741 g/mol. The number of β-amino-alcohol motifs (C(OH)–C–C–N with tert-alkyl or cyclic N) is 1. The third-order valence-electron chi connectivity index (χ3n) is 17.4. The van der Waals surface area contributed by atoms with Gasteiger partial charge < -0.3 is 25.4 Å². The summed E-state index contributed by atoms with van der Waals surface area (Å²) in [5, 5.41) is 43.4. The quantitative estimate of drug-likeness (QED) is 0.185. The zero-order valence-corrected chi connectivity index (χ0v) is 33.4. The number of allylic oxidation sites excluding steroid dienone is 4. The van der Waals surface area contributed by atoms with Crippen molar-refractivity contribution < 1.29 is 29.6 Å². The van der Waals surface area contributed by atoms with E-state index < -0.39 is 23.5 Å². The topological polar surface area (TPSA) is 153 Å². The zero-order valence-electron chi connectivity index (χ0n) is 33.4. The summed E-state index contributed by atoms with van der Waals surface area (Å²) in [6.45, 7) is 15.2. The number of hydrogen-bond acceptors (Lipinski definition) is 7. The van der Waals surface area contributed by atoms with Crippen molar-refractivity contribution in [3.05, 3.63) is 47.2 Å². The van der Waals surface area contributed by atoms with Crippen LogP contribution in [0.15, 0.2) is 41.6 Å². The first kappa shape index (κ1) is 39.0. The second-order valence-electron chi connectivity index (χ2n) is 19.6. The van der Waals surface area contributed by atoms with Crippen molar-refractivity contribution in [2.24, 2.45) is 56.7 Å². The summed E-state index contributed by atoms with van der Waals surface area (Å²) >= 11 is 0. The zero-order chi connectivity index (χ0) is 38.9. The number of carbonyl (C=O) groups is 2. The number of ether oxygens (including phenoxy) is 1. The van der Waals surface area contributed by atoms with Gasteiger partial charge in [-0.25, -0.2) is 9.78 Å². The summed E-state index contributed by atoms with van der Waals surface area (Å²) in [6, 6.07) is 5.40. The van der Waals surface area contributed by atoms with Gasteiger partial charge in [0, 0.05) is 18.3 Å². The van der Waals surface area contributed by atoms with E-state index in [4.69, 9.17) is 4.74 Å². The second-order valence-corrected chi connectivity index (χ2v) is 19.6. The maximum Gasteiger partial charge on any atom is 0.333 e. The molecule has 0 unspecified atom stereocenters. The molecule has 1 aromatic heterocycles. The molecule has 294 valence electrons. The Balaban J connectivity index is 1.13. The largest absolute Gasteiger partial charge is 0.481 e. The SMILES string of the molecule is CC[C@@H]1CC[C@]2(NC[C@H](O)C(=O)O)CC[C@]3(C)[C@H](CC[C@@H]4[C@@]5(C)CC=C(C6=CC[C@](COc7ncccc7C#N)(C(=O)O)CC6)C(C)(C)[C@@H]5CC[C@]43C)[C@@H]12. The van der Waals surface area contributed by atoms with Gasteiger partial charge in [-0.15, -0.1) is 0 Å². The minimum absolute atomic E-state index is 0.0255. The first-order valence-corrected chi connectivity index (χ1v) is 20.8. The average Bonchev–Trinajstić information content (AvgIpc) is 3.52. The molecule has 0 aliphatic heterocycles. The molecule has 9 heteroatoms. The van der Waals surface area contributed by atoms with Gasteiger partial charge >= 0.3 is 11.9 Å². The Morgan fingerprint density at radius 1 is 0.981 bits per heavy atom. The van der Waals surface area contributed by atoms with Crippen molar-refractivity contribution in [3.8, 4) is 11.9 Å². The van der Waals surface area contributed by atoms with Crippen molar-refractivity contribution in [2.45, 2.75) is 137 Å². The third-order valence-corrected chi connectivity index (χ3v) is 17.4. The summed E-state index contributed by atoms with van der Waals surface area (Å²) in [5.41, 5.74) is 2.32. The van der Waals surface area contributed by atoms with Crippen LogP contribution < -0.4 is 10.1 Å². The second kappa shape index (κ2) is 13.8. The minimum atomic E-state index is -1.38. The highest BCUT2D eigenvalue weighted by Gasteiger charge is 2.70. The molecule has 0 aromatic carbocycles. The number of aliphatic hydroxyl groups is 1. The van der Waals surface area contributed by atoms with Gasteiger partial charge in [-0.1, -0.05) is 60.1 Å². The van der Waals surface area contributed by atoms with Crippen LogP contribution in [-0.2, 0) is 9.59 Å². The van der Waals surface area contributed by atoms with Crippen molar-refractivity contribution in [1.82, 2.24) is 10.3 Å². The Morgan fingerprint density at radius 3 is 2.43 bits per heavy atom. The molecule has 6 aliphatic carbocycles. The number of carboxylic acids is 2. The predicted octanol–water partition coefficient (Wildman–Crippen LogP) is 8.33. The molecule has 7 rings (SSSR count). The van der Waals surface area contributed by atoms with E-state index in [9.17, 15) is 30.2 Å². The van der Waals surface area contributed by atoms with Crippen LogP contribution in [0.2, 0.25) is 0 Å². The maximum absolute atomic E-state index is 12.7. The lowest BCUT2D eigenvalue weighted by molar-refractivity contribution is -0.222. The van der Waals surface area contributed by atoms with E-state index in [2.05, 4.69) is 70.1 Å². The normalized spacial score (nSPS) is 41.4. The molecule has 9 nitrogen and oxygen atoms in total. The number of nitriles is 1. The number of hydrogen-bond donors (Lipinski definition) is 4. The van der Waals surface area contributed by atoms with Crippen LogP contribution in [0.25, 0.3) is 0 Å². The van der Waals surface area contributed by atoms with Gasteiger partial charge in [0.2, 0.25) is 5.88 Å². The highest BCUT2D eigenvalue weighted by molar-refractivity contribution is 5.76. The lowest BCUT2D eigenvalue weighted by atomic mass is 9.33. The number of nitrogens with zero attached hydrogens (tertiary/aromatic N) is 2. The minimum Gasteiger partial charge on any atom is -0.481 e. The number of nitrogens with one attached hydrogen (secondary N) is 1. The van der Waals surface area contributed by atoms with E-state index >= 15 is 0 Å². The highest BCUT2D eigenvalue weighted by Crippen LogP contribution is 2.76. The highest BCUT2D eigenvalue weighted by atomic mass is 16.5. The average molecular weight is 742 g/mol. The van der Waals surface area contributed by atoms with Gasteiger partial charge in [0.1, 0.15) is 23.7 Å². The molecule has 4 N–H and O–H groups in total. The van der Waals surface area contributed by atoms with Gasteiger partial charge in [0.05, 0.1) is 0 Å². The number of rotatable bonds is 10. The fourth-order valence-corrected chi connectivity index (χ4v) is 14.4. The predicted molar refractivity (Wildman–Crippen MR) is 206 cm³/mol. The molecule has 0 bridgehead atoms. The number of aliphatic carboxylic acids is 2. The molecule has 0 saturated heterocycles. The molecule has 11 atom stereocenters. The van der Waals surface area contributed by atoms with Crippen LogP contribution in [0, 0.1) is 68.0 Å². The van der Waals surface area contributed by atoms with Crippen LogP contribution in [0.4, 0.5) is 0 Å². The number of carboxylic acid groups (broad SMARTS) is 2. The summed E-state index contributed by atoms with van der Waals surface area (Å²) in [4.78, 5) is 28.5. The van der Waals surface area contributed by atoms with Crippen LogP contribution in [0.3, 0.4) is 0 Å². The van der Waals surface area contributed by atoms with E-state index in [1.54, 1.807) is 18.3 Å². The van der Waals surface area contributed by atoms with E-state index in [-0.39, 0.29) is 46.2 Å². The lowest BCUT2D eigenvalue weighted by Crippen LogP contribution is -2.68. The fraction of sp³-hybridized carbons (Fsp3) is 0.733. The fourth-order valence-electron chi connectivity index (χ4n) is 14.4. The molecule has 0 radical (unpaired) electrons. The standard InChI is InChI=1S/C45H63N3O6/c1-7-28-14-21-45(48-26-33(49)38(50)51)23-22-42(5)32(36(28)45)10-11-35-41(4)17-15-31(40(2,3)34(41)16-18-43(35,42)6)29-12-19-44(20-13-29,39(52)53)27-54-37-30(25-46)9-8-24-47-37/h8-9,12,15,24,28,32-36,48-49H,7,10-11,13-14,16-23,26-27H2,1-6H3,(H,50,51)(H,52,53)/t28-,32-,33+,34+,35-,36-,41+,42-,43-,44+,45+/m1/s1. The summed E-state index contributed by atoms with van der Waals surface area (Å²) in [5.74, 6) is 0.974. The summed E-state index contributed by atoms with van der Waals surface area (Å²) in [6.07, 6.45) is 17.9. The van der Waals surface area contributed by atoms with Gasteiger partial charge in [-0.3, -0.25) is 4.79 Å². The number of pyridine rings is 1. The molecular weight excluding hydrogens is 679 g/mol. The summed E-state index contributed by atoms with van der Waals surface area (Å²) in [7, 11) is 0. The Morgan fingerprint density at radius 2 is 1.76 bits per heavy atom. The first-order chi connectivity index (χ1) is 25.5. The maximum atomic E-state index is 12.7. The van der Waals surface area contributed by atoms with Gasteiger partial charge in [0.25, 0.3) is 0 Å². The number of aromatic nitrogens is 1. The van der Waals surface area contributed by atoms with E-state index in [0.717, 1.165) is 32.1 Å². The molecular formula is C45H63N3O6. The van der Waals surface area contributed by atoms with Crippen LogP contribution in [0.1, 0.15) is 131 Å². The smallest absolute Gasteiger partial charge is 0.333 e. The summed E-state index contributed by atoms with van der Waals surface area (Å²) < 4.78 is 5.92. The molecule has 1 heterocycles. The van der Waals surface area contributed by atoms with E-state index in [0.29, 0.717) is 54.4 Å². The number of aliphatic hydroxyl groups excluding tert-OH is 1. The van der Waals surface area contributed by atoms with Gasteiger partial charge in [-0.05, 0) is 152 Å². The van der Waals surface area contributed by atoms with Crippen LogP contribution in [0.5, 0.6) is 5.88 Å². The van der Waals surface area contributed by atoms with Gasteiger partial charge in [0.15, 0.2) is 6.10 Å². The molecule has 0 amide bonds. The molecule has 4 fully saturated rings. The third kappa shape index (κ3) is 5.78. The van der Waals surface area contributed by atoms with Crippen LogP contribution in [-0.4, -0.2) is 57.0 Å². The Hall–Kier alpha value is -3.22. The molecule has 1 aromatic rings. The number of fused-ring (bicyclic) bond motifs is 7. The molecule has 54 heavy (non-hydrogen) atoms. The Bertz CT molecular complexity index is 1760. The first-order valence-electron chi connectivity index (χ1n) is 20.8. The molecule has 6 aliphatic rings. The van der Waals surface area contributed by atoms with E-state index in [1.165, 1.54) is 43.3 Å². The van der Waals surface area contributed by atoms with Crippen molar-refractivity contribution in [1.29, 1.82) is 5.26 Å². The molecule has 4 saturated carbocycles. The lowest BCUT2D eigenvalue weighted by Gasteiger charge is -2.72. The van der Waals surface area contributed by atoms with Crippen molar-refractivity contribution in [3.63, 3.8) is 0 Å². The Labute approximate surface area is 322 Å². The van der Waals surface area contributed by atoms with E-state index in [1.807, 2.05) is 0 Å².